The number of sulfonamides is 1. The van der Waals surface area contributed by atoms with Crippen LogP contribution < -0.4 is 5.73 Å². The smallest absolute Gasteiger partial charge is 0.243 e. The van der Waals surface area contributed by atoms with E-state index in [-0.39, 0.29) is 35.3 Å². The standard InChI is InChI=1S/C12H17FN2O3S/c1-8-6-10(7-11(14)12(8)13)19(17,18)15(4-5-16)9-2-3-9/h6-7,9,16H,2-5,14H2,1H3. The lowest BCUT2D eigenvalue weighted by molar-refractivity contribution is 0.250. The summed E-state index contributed by atoms with van der Waals surface area (Å²) in [5.74, 6) is -0.598. The molecule has 0 aliphatic heterocycles. The Morgan fingerprint density at radius 1 is 1.47 bits per heavy atom. The van der Waals surface area contributed by atoms with Gasteiger partial charge in [0, 0.05) is 12.6 Å². The average molecular weight is 288 g/mol. The molecule has 1 aliphatic rings. The third-order valence-electron chi connectivity index (χ3n) is 3.14. The van der Waals surface area contributed by atoms with Crippen LogP contribution in [-0.4, -0.2) is 37.0 Å². The van der Waals surface area contributed by atoms with E-state index in [1.807, 2.05) is 0 Å². The predicted octanol–water partition coefficient (Wildman–Crippen LogP) is 0.862. The van der Waals surface area contributed by atoms with Crippen LogP contribution in [0.4, 0.5) is 10.1 Å². The molecular weight excluding hydrogens is 271 g/mol. The molecule has 0 bridgehead atoms. The Morgan fingerprint density at radius 2 is 2.11 bits per heavy atom. The molecule has 1 aromatic carbocycles. The van der Waals surface area contributed by atoms with Crippen LogP contribution in [0.3, 0.4) is 0 Å². The molecule has 0 spiro atoms. The van der Waals surface area contributed by atoms with E-state index in [0.717, 1.165) is 18.9 Å². The number of hydrogen-bond donors (Lipinski definition) is 2. The highest BCUT2D eigenvalue weighted by Gasteiger charge is 2.37. The van der Waals surface area contributed by atoms with Gasteiger partial charge in [-0.2, -0.15) is 4.31 Å². The Balaban J connectivity index is 2.43. The van der Waals surface area contributed by atoms with Crippen molar-refractivity contribution in [2.45, 2.75) is 30.7 Å². The van der Waals surface area contributed by atoms with E-state index in [9.17, 15) is 12.8 Å². The Morgan fingerprint density at radius 3 is 2.58 bits per heavy atom. The Bertz CT molecular complexity index is 562. The van der Waals surface area contributed by atoms with Gasteiger partial charge in [-0.3, -0.25) is 0 Å². The molecule has 1 saturated carbocycles. The minimum Gasteiger partial charge on any atom is -0.396 e. The SMILES string of the molecule is Cc1cc(S(=O)(=O)N(CCO)C2CC2)cc(N)c1F. The van der Waals surface area contributed by atoms with Gasteiger partial charge in [0.05, 0.1) is 17.2 Å². The molecule has 19 heavy (non-hydrogen) atoms. The van der Waals surface area contributed by atoms with Gasteiger partial charge in [-0.15, -0.1) is 0 Å². The average Bonchev–Trinajstić information content (AvgIpc) is 3.16. The second-order valence-corrected chi connectivity index (χ2v) is 6.60. The first-order valence-corrected chi connectivity index (χ1v) is 7.50. The number of rotatable bonds is 5. The maximum Gasteiger partial charge on any atom is 0.243 e. The third-order valence-corrected chi connectivity index (χ3v) is 5.07. The van der Waals surface area contributed by atoms with Crippen LogP contribution in [0.2, 0.25) is 0 Å². The van der Waals surface area contributed by atoms with Crippen molar-refractivity contribution in [3.05, 3.63) is 23.5 Å². The van der Waals surface area contributed by atoms with Crippen molar-refractivity contribution in [3.63, 3.8) is 0 Å². The van der Waals surface area contributed by atoms with Gasteiger partial charge in [-0.25, -0.2) is 12.8 Å². The van der Waals surface area contributed by atoms with E-state index in [1.54, 1.807) is 0 Å². The van der Waals surface area contributed by atoms with Crippen LogP contribution in [0, 0.1) is 12.7 Å². The van der Waals surface area contributed by atoms with Gasteiger partial charge in [0.2, 0.25) is 10.0 Å². The van der Waals surface area contributed by atoms with Crippen molar-refractivity contribution >= 4 is 15.7 Å². The lowest BCUT2D eigenvalue weighted by atomic mass is 10.2. The summed E-state index contributed by atoms with van der Waals surface area (Å²) in [6.07, 6.45) is 1.57. The highest BCUT2D eigenvalue weighted by atomic mass is 32.2. The topological polar surface area (TPSA) is 83.6 Å². The summed E-state index contributed by atoms with van der Waals surface area (Å²) < 4.78 is 39.6. The number of anilines is 1. The fraction of sp³-hybridized carbons (Fsp3) is 0.500. The Kier molecular flexibility index (Phi) is 3.80. The number of nitrogens with zero attached hydrogens (tertiary/aromatic N) is 1. The Hall–Kier alpha value is -1.18. The number of halogens is 1. The molecule has 7 heteroatoms. The molecule has 3 N–H and O–H groups in total. The van der Waals surface area contributed by atoms with Crippen molar-refractivity contribution in [2.24, 2.45) is 0 Å². The molecule has 0 unspecified atom stereocenters. The summed E-state index contributed by atoms with van der Waals surface area (Å²) in [5.41, 5.74) is 5.49. The second-order valence-electron chi connectivity index (χ2n) is 4.71. The first-order valence-electron chi connectivity index (χ1n) is 6.06. The molecule has 5 nitrogen and oxygen atoms in total. The monoisotopic (exact) mass is 288 g/mol. The number of nitrogen functional groups attached to an aromatic ring is 1. The summed E-state index contributed by atoms with van der Waals surface area (Å²) >= 11 is 0. The highest BCUT2D eigenvalue weighted by Crippen LogP contribution is 2.33. The molecule has 2 rings (SSSR count). The maximum absolute atomic E-state index is 13.4. The van der Waals surface area contributed by atoms with Crippen molar-refractivity contribution in [3.8, 4) is 0 Å². The summed E-state index contributed by atoms with van der Waals surface area (Å²) in [7, 11) is -3.74. The van der Waals surface area contributed by atoms with Crippen molar-refractivity contribution in [1.82, 2.24) is 4.31 Å². The second kappa shape index (κ2) is 5.07. The van der Waals surface area contributed by atoms with Gasteiger partial charge in [0.25, 0.3) is 0 Å². The zero-order valence-corrected chi connectivity index (χ0v) is 11.5. The Labute approximate surface area is 111 Å². The van der Waals surface area contributed by atoms with Crippen LogP contribution in [-0.2, 0) is 10.0 Å². The molecule has 1 aromatic rings. The maximum atomic E-state index is 13.4. The molecule has 0 atom stereocenters. The number of aliphatic hydroxyl groups is 1. The lowest BCUT2D eigenvalue weighted by Crippen LogP contribution is -2.35. The first kappa shape index (κ1) is 14.2. The van der Waals surface area contributed by atoms with Crippen LogP contribution in [0.1, 0.15) is 18.4 Å². The molecule has 0 saturated heterocycles. The quantitative estimate of drug-likeness (QED) is 0.787. The van der Waals surface area contributed by atoms with Gasteiger partial charge in [0.1, 0.15) is 5.82 Å². The summed E-state index contributed by atoms with van der Waals surface area (Å²) in [6.45, 7) is 1.27. The first-order chi connectivity index (χ1) is 8.87. The minimum atomic E-state index is -3.74. The number of aryl methyl sites for hydroxylation is 1. The van der Waals surface area contributed by atoms with E-state index in [2.05, 4.69) is 0 Å². The van der Waals surface area contributed by atoms with E-state index >= 15 is 0 Å². The van der Waals surface area contributed by atoms with E-state index < -0.39 is 15.8 Å². The van der Waals surface area contributed by atoms with Gasteiger partial charge >= 0.3 is 0 Å². The van der Waals surface area contributed by atoms with Gasteiger partial charge in [0.15, 0.2) is 0 Å². The van der Waals surface area contributed by atoms with E-state index in [4.69, 9.17) is 10.8 Å². The van der Waals surface area contributed by atoms with E-state index in [0.29, 0.717) is 0 Å². The fourth-order valence-corrected chi connectivity index (χ4v) is 3.80. The molecule has 0 aromatic heterocycles. The van der Waals surface area contributed by atoms with Gasteiger partial charge < -0.3 is 10.8 Å². The molecule has 0 amide bonds. The molecule has 0 radical (unpaired) electrons. The lowest BCUT2D eigenvalue weighted by Gasteiger charge is -2.21. The molecule has 106 valence electrons. The van der Waals surface area contributed by atoms with Crippen molar-refractivity contribution in [1.29, 1.82) is 0 Å². The van der Waals surface area contributed by atoms with Crippen LogP contribution in [0.25, 0.3) is 0 Å². The summed E-state index contributed by atoms with van der Waals surface area (Å²) in [6, 6.07) is 2.34. The number of hydrogen-bond acceptors (Lipinski definition) is 4. The predicted molar refractivity (Wildman–Crippen MR) is 69.5 cm³/mol. The van der Waals surface area contributed by atoms with Crippen LogP contribution in [0.5, 0.6) is 0 Å². The fourth-order valence-electron chi connectivity index (χ4n) is 2.01. The number of benzene rings is 1. The summed E-state index contributed by atoms with van der Waals surface area (Å²) in [4.78, 5) is -0.0238. The molecular formula is C12H17FN2O3S. The van der Waals surface area contributed by atoms with Crippen molar-refractivity contribution < 1.29 is 17.9 Å². The number of nitrogens with two attached hydrogens (primary N) is 1. The summed E-state index contributed by atoms with van der Waals surface area (Å²) in [5, 5.41) is 8.99. The number of aliphatic hydroxyl groups excluding tert-OH is 1. The van der Waals surface area contributed by atoms with Crippen LogP contribution in [0.15, 0.2) is 17.0 Å². The molecule has 0 heterocycles. The van der Waals surface area contributed by atoms with Gasteiger partial charge in [-0.1, -0.05) is 0 Å². The van der Waals surface area contributed by atoms with Crippen LogP contribution >= 0.6 is 0 Å². The van der Waals surface area contributed by atoms with Crippen molar-refractivity contribution in [2.75, 3.05) is 18.9 Å². The van der Waals surface area contributed by atoms with Gasteiger partial charge in [-0.05, 0) is 37.5 Å². The third kappa shape index (κ3) is 2.72. The molecule has 1 aliphatic carbocycles. The normalized spacial score (nSPS) is 16.0. The largest absolute Gasteiger partial charge is 0.396 e. The molecule has 1 fully saturated rings. The highest BCUT2D eigenvalue weighted by molar-refractivity contribution is 7.89. The minimum absolute atomic E-state index is 0.0238. The zero-order valence-electron chi connectivity index (χ0n) is 10.6. The zero-order chi connectivity index (χ0) is 14.2. The van der Waals surface area contributed by atoms with E-state index in [1.165, 1.54) is 17.3 Å².